The van der Waals surface area contributed by atoms with Crippen molar-refractivity contribution >= 4 is 11.9 Å². The maximum atomic E-state index is 13.1. The lowest BCUT2D eigenvalue weighted by atomic mass is 9.33. The highest BCUT2D eigenvalue weighted by atomic mass is 16.8. The molecule has 0 aromatic heterocycles. The van der Waals surface area contributed by atoms with E-state index in [1.165, 1.54) is 5.57 Å². The lowest BCUT2D eigenvalue weighted by molar-refractivity contribution is -0.367. The number of aliphatic carboxylic acids is 2. The van der Waals surface area contributed by atoms with Crippen molar-refractivity contribution in [2.45, 2.75) is 167 Å². The molecule has 14 heteroatoms. The number of allylic oxidation sites excluding steroid dienone is 2. The molecule has 4 saturated carbocycles. The van der Waals surface area contributed by atoms with Crippen molar-refractivity contribution in [3.8, 4) is 0 Å². The fourth-order valence-electron chi connectivity index (χ4n) is 13.4. The van der Waals surface area contributed by atoms with Crippen LogP contribution in [0.3, 0.4) is 0 Å². The number of aliphatic hydroxyl groups is 6. The van der Waals surface area contributed by atoms with Gasteiger partial charge in [-0.1, -0.05) is 53.2 Å². The molecule has 7 aliphatic rings. The van der Waals surface area contributed by atoms with Gasteiger partial charge in [0.1, 0.15) is 36.6 Å². The minimum atomic E-state index is -1.93. The zero-order valence-electron chi connectivity index (χ0n) is 33.1. The van der Waals surface area contributed by atoms with E-state index in [0.29, 0.717) is 25.7 Å². The maximum Gasteiger partial charge on any atom is 0.335 e. The van der Waals surface area contributed by atoms with E-state index in [1.807, 2.05) is 6.92 Å². The Morgan fingerprint density at radius 1 is 0.800 bits per heavy atom. The molecule has 0 spiro atoms. The van der Waals surface area contributed by atoms with E-state index in [0.717, 1.165) is 38.5 Å². The Hall–Kier alpha value is -1.72. The molecule has 2 aliphatic heterocycles. The molecule has 18 atom stereocenters. The molecule has 312 valence electrons. The molecule has 5 aliphatic carbocycles. The van der Waals surface area contributed by atoms with E-state index in [-0.39, 0.29) is 46.0 Å². The summed E-state index contributed by atoms with van der Waals surface area (Å²) in [5, 5.41) is 84.6. The van der Waals surface area contributed by atoms with Crippen LogP contribution in [0.5, 0.6) is 0 Å². The molecular weight excluding hydrogens is 716 g/mol. The minimum absolute atomic E-state index is 0.00902. The van der Waals surface area contributed by atoms with Crippen molar-refractivity contribution in [1.82, 2.24) is 0 Å². The number of carboxylic acids is 2. The quantitative estimate of drug-likeness (QED) is 0.137. The fourth-order valence-corrected chi connectivity index (χ4v) is 13.4. The smallest absolute Gasteiger partial charge is 0.335 e. The van der Waals surface area contributed by atoms with Gasteiger partial charge in [-0.05, 0) is 104 Å². The van der Waals surface area contributed by atoms with Gasteiger partial charge in [-0.25, -0.2) is 4.79 Å². The SMILES string of the molecule is CC1(C)CC[C@]2(C(=O)O)CC[C@]3(C)C(=CC[C@@H]4[C@@]5(C)CC[C@H](O[C@@H]6O[C@H](C(=O)O)[C@@H](O)[C@H](O)[C@H]6O[C@@H]6OC[C@@H](O)[C@H](O)[C@H]6O)[C@@](C)(CO)[C@@H]5CC[C@]43C)[C@@H]2C1. The van der Waals surface area contributed by atoms with Crippen molar-refractivity contribution in [1.29, 1.82) is 0 Å². The minimum Gasteiger partial charge on any atom is -0.481 e. The zero-order valence-corrected chi connectivity index (χ0v) is 33.1. The highest BCUT2D eigenvalue weighted by molar-refractivity contribution is 5.76. The third kappa shape index (κ3) is 6.09. The van der Waals surface area contributed by atoms with Crippen LogP contribution in [0.4, 0.5) is 0 Å². The zero-order chi connectivity index (χ0) is 40.3. The van der Waals surface area contributed by atoms with Crippen molar-refractivity contribution < 1.29 is 69.4 Å². The van der Waals surface area contributed by atoms with Crippen molar-refractivity contribution in [2.75, 3.05) is 13.2 Å². The van der Waals surface area contributed by atoms with Gasteiger partial charge in [0.15, 0.2) is 18.7 Å². The predicted octanol–water partition coefficient (Wildman–Crippen LogP) is 2.59. The second-order valence-electron chi connectivity index (χ2n) is 20.1. The highest BCUT2D eigenvalue weighted by Crippen LogP contribution is 2.76. The first kappa shape index (κ1) is 41.4. The first-order chi connectivity index (χ1) is 25.6. The largest absolute Gasteiger partial charge is 0.481 e. The molecule has 7 rings (SSSR count). The molecular formula is C41H64O14. The van der Waals surface area contributed by atoms with Crippen LogP contribution in [0.2, 0.25) is 0 Å². The maximum absolute atomic E-state index is 13.1. The van der Waals surface area contributed by atoms with E-state index >= 15 is 0 Å². The Labute approximate surface area is 323 Å². The van der Waals surface area contributed by atoms with E-state index in [1.54, 1.807) is 0 Å². The monoisotopic (exact) mass is 780 g/mol. The average Bonchev–Trinajstić information content (AvgIpc) is 3.12. The van der Waals surface area contributed by atoms with Crippen LogP contribution < -0.4 is 0 Å². The normalized spacial score (nSPS) is 53.5. The van der Waals surface area contributed by atoms with E-state index in [4.69, 9.17) is 18.9 Å². The van der Waals surface area contributed by atoms with Crippen LogP contribution >= 0.6 is 0 Å². The van der Waals surface area contributed by atoms with E-state index in [9.17, 15) is 50.4 Å². The van der Waals surface area contributed by atoms with Crippen LogP contribution in [0.1, 0.15) is 106 Å². The summed E-state index contributed by atoms with van der Waals surface area (Å²) in [7, 11) is 0. The Bertz CT molecular complexity index is 1540. The second-order valence-corrected chi connectivity index (χ2v) is 20.1. The van der Waals surface area contributed by atoms with Crippen molar-refractivity contribution in [2.24, 2.45) is 50.2 Å². The van der Waals surface area contributed by atoms with Crippen LogP contribution in [-0.2, 0) is 28.5 Å². The standard InChI is InChI=1S/C41H64O14/c1-36(2)13-15-41(35(50)51)16-14-39(5)20(21(41)17-36)7-8-24-37(3)11-10-25(38(4,19-42)23(37)9-12-40(24,39)6)53-34-31(28(46)27(45)30(54-34)32(48)49)55-33-29(47)26(44)22(43)18-52-33/h7,21-31,33-34,42-47H,8-19H2,1-6H3,(H,48,49)(H,50,51)/t21-,22+,23+,24+,25-,26-,27-,28-,29+,30-,31+,33-,34+,37-,38-,39+,40+,41-/m0/s1. The van der Waals surface area contributed by atoms with Crippen LogP contribution in [0, 0.1) is 50.2 Å². The number of hydrogen-bond acceptors (Lipinski definition) is 12. The summed E-state index contributed by atoms with van der Waals surface area (Å²) >= 11 is 0. The van der Waals surface area contributed by atoms with E-state index < -0.39 is 90.8 Å². The summed E-state index contributed by atoms with van der Waals surface area (Å²) in [6.45, 7) is 13.0. The summed E-state index contributed by atoms with van der Waals surface area (Å²) in [5.41, 5.74) is -0.761. The Morgan fingerprint density at radius 3 is 2.15 bits per heavy atom. The first-order valence-electron chi connectivity index (χ1n) is 20.4. The summed E-state index contributed by atoms with van der Waals surface area (Å²) in [6.07, 6.45) is -5.87. The number of fused-ring (bicyclic) bond motifs is 7. The topological polar surface area (TPSA) is 233 Å². The van der Waals surface area contributed by atoms with Crippen LogP contribution in [-0.4, -0.2) is 127 Å². The molecule has 2 saturated heterocycles. The predicted molar refractivity (Wildman–Crippen MR) is 194 cm³/mol. The molecule has 14 nitrogen and oxygen atoms in total. The van der Waals surface area contributed by atoms with Gasteiger partial charge in [-0.2, -0.15) is 0 Å². The van der Waals surface area contributed by atoms with Gasteiger partial charge >= 0.3 is 11.9 Å². The van der Waals surface area contributed by atoms with E-state index in [2.05, 4.69) is 40.7 Å². The van der Waals surface area contributed by atoms with Crippen molar-refractivity contribution in [3.05, 3.63) is 11.6 Å². The third-order valence-electron chi connectivity index (χ3n) is 17.0. The number of hydrogen-bond donors (Lipinski definition) is 8. The fraction of sp³-hybridized carbons (Fsp3) is 0.902. The van der Waals surface area contributed by atoms with Gasteiger partial charge in [-0.15, -0.1) is 0 Å². The molecule has 8 N–H and O–H groups in total. The Kier molecular flexibility index (Phi) is 10.5. The lowest BCUT2D eigenvalue weighted by Crippen LogP contribution is -2.67. The summed E-state index contributed by atoms with van der Waals surface area (Å²) in [5.74, 6) is -2.01. The number of carbonyl (C=O) groups is 2. The molecule has 0 aromatic rings. The van der Waals surface area contributed by atoms with Gasteiger partial charge in [0, 0.05) is 5.41 Å². The Balaban J connectivity index is 1.18. The first-order valence-corrected chi connectivity index (χ1v) is 20.4. The number of aliphatic hydroxyl groups excluding tert-OH is 6. The van der Waals surface area contributed by atoms with Gasteiger partial charge in [0.25, 0.3) is 0 Å². The van der Waals surface area contributed by atoms with Gasteiger partial charge in [0.05, 0.1) is 24.7 Å². The van der Waals surface area contributed by atoms with Crippen molar-refractivity contribution in [3.63, 3.8) is 0 Å². The van der Waals surface area contributed by atoms with Gasteiger partial charge in [-0.3, -0.25) is 4.79 Å². The number of carboxylic acid groups (broad SMARTS) is 2. The molecule has 6 fully saturated rings. The molecule has 0 amide bonds. The van der Waals surface area contributed by atoms with Crippen LogP contribution in [0.25, 0.3) is 0 Å². The third-order valence-corrected chi connectivity index (χ3v) is 17.0. The van der Waals surface area contributed by atoms with Crippen LogP contribution in [0.15, 0.2) is 11.6 Å². The molecule has 55 heavy (non-hydrogen) atoms. The second kappa shape index (κ2) is 13.9. The molecule has 0 aromatic carbocycles. The molecule has 0 radical (unpaired) electrons. The summed E-state index contributed by atoms with van der Waals surface area (Å²) in [4.78, 5) is 25.2. The number of ether oxygens (including phenoxy) is 4. The molecule has 0 bridgehead atoms. The summed E-state index contributed by atoms with van der Waals surface area (Å²) in [6, 6.07) is 0. The molecule has 0 unspecified atom stereocenters. The van der Waals surface area contributed by atoms with Gasteiger partial charge in [0.2, 0.25) is 0 Å². The van der Waals surface area contributed by atoms with Gasteiger partial charge < -0.3 is 59.8 Å². The number of rotatable bonds is 7. The summed E-state index contributed by atoms with van der Waals surface area (Å²) < 4.78 is 23.7. The Morgan fingerprint density at radius 2 is 1.49 bits per heavy atom. The lowest BCUT2D eigenvalue weighted by Gasteiger charge is -2.71. The molecule has 2 heterocycles. The average molecular weight is 781 g/mol. The highest BCUT2D eigenvalue weighted by Gasteiger charge is 2.70.